The highest BCUT2D eigenvalue weighted by Crippen LogP contribution is 2.39. The molecule has 1 heterocycles. The number of hydrogen-bond acceptors (Lipinski definition) is 3. The number of aryl methyl sites for hydroxylation is 1. The third kappa shape index (κ3) is 2.71. The van der Waals surface area contributed by atoms with Crippen molar-refractivity contribution in [2.75, 3.05) is 0 Å². The quantitative estimate of drug-likeness (QED) is 0.812. The molecule has 8 heteroatoms. The molecule has 1 aromatic rings. The molecule has 0 aliphatic carbocycles. The lowest BCUT2D eigenvalue weighted by molar-refractivity contribution is -0.275. The Kier molecular flexibility index (Phi) is 3.20. The van der Waals surface area contributed by atoms with Crippen molar-refractivity contribution in [3.05, 3.63) is 17.5 Å². The zero-order chi connectivity index (χ0) is 12.5. The molecule has 1 aromatic heterocycles. The number of pyridine rings is 1. The highest BCUT2D eigenvalue weighted by molar-refractivity contribution is 5.47. The zero-order valence-electron chi connectivity index (χ0n) is 7.85. The molecule has 3 nitrogen and oxygen atoms in total. The van der Waals surface area contributed by atoms with Crippen LogP contribution in [0, 0.1) is 6.92 Å². The number of nitrogens with zero attached hydrogens (tertiary/aromatic N) is 1. The van der Waals surface area contributed by atoms with Crippen LogP contribution in [0.2, 0.25) is 0 Å². The smallest absolute Gasteiger partial charge is 0.503 e. The average Bonchev–Trinajstić information content (AvgIpc) is 2.10. The normalized spacial score (nSPS) is 11.9. The van der Waals surface area contributed by atoms with E-state index in [1.54, 1.807) is 0 Å². The Morgan fingerprint density at radius 1 is 1.38 bits per heavy atom. The predicted molar refractivity (Wildman–Crippen MR) is 42.3 cm³/mol. The van der Waals surface area contributed by atoms with Gasteiger partial charge in [-0.2, -0.15) is 0 Å². The monoisotopic (exact) mass is 243 g/mol. The third-order valence-corrected chi connectivity index (χ3v) is 1.64. The first kappa shape index (κ1) is 12.5. The van der Waals surface area contributed by atoms with Gasteiger partial charge in [0.1, 0.15) is 0 Å². The maximum atomic E-state index is 12.2. The fourth-order valence-corrected chi connectivity index (χ4v) is 0.993. The predicted octanol–water partition coefficient (Wildman–Crippen LogP) is 2.93. The summed E-state index contributed by atoms with van der Waals surface area (Å²) >= 11 is 0. The minimum Gasteiger partial charge on any atom is -0.503 e. The fraction of sp³-hybridized carbons (Fsp3) is 0.375. The molecule has 0 fully saturated rings. The molecule has 90 valence electrons. The van der Waals surface area contributed by atoms with Crippen LogP contribution in [0.4, 0.5) is 22.0 Å². The van der Waals surface area contributed by atoms with Crippen LogP contribution in [-0.2, 0) is 0 Å². The molecule has 16 heavy (non-hydrogen) atoms. The van der Waals surface area contributed by atoms with E-state index >= 15 is 0 Å². The summed E-state index contributed by atoms with van der Waals surface area (Å²) < 4.78 is 63.5. The van der Waals surface area contributed by atoms with E-state index in [9.17, 15) is 22.0 Å². The van der Waals surface area contributed by atoms with Crippen LogP contribution < -0.4 is 4.74 Å². The number of rotatable bonds is 2. The van der Waals surface area contributed by atoms with Crippen molar-refractivity contribution < 1.29 is 31.8 Å². The molecule has 0 saturated carbocycles. The lowest BCUT2D eigenvalue weighted by Crippen LogP contribution is -2.18. The van der Waals surface area contributed by atoms with Gasteiger partial charge in [0, 0.05) is 11.8 Å². The van der Waals surface area contributed by atoms with Gasteiger partial charge in [-0.25, -0.2) is 8.78 Å². The number of halogens is 5. The van der Waals surface area contributed by atoms with E-state index in [-0.39, 0.29) is 5.56 Å². The Labute approximate surface area is 86.5 Å². The summed E-state index contributed by atoms with van der Waals surface area (Å²) in [4.78, 5) is 3.12. The van der Waals surface area contributed by atoms with Crippen molar-refractivity contribution in [2.24, 2.45) is 0 Å². The fourth-order valence-electron chi connectivity index (χ4n) is 0.993. The Balaban J connectivity index is 3.21. The second-order valence-electron chi connectivity index (χ2n) is 2.85. The summed E-state index contributed by atoms with van der Waals surface area (Å²) in [6, 6.07) is 0. The van der Waals surface area contributed by atoms with E-state index in [1.807, 2.05) is 0 Å². The van der Waals surface area contributed by atoms with Crippen LogP contribution in [0.15, 0.2) is 6.20 Å². The molecule has 0 radical (unpaired) electrons. The first-order valence-electron chi connectivity index (χ1n) is 3.94. The van der Waals surface area contributed by atoms with Crippen molar-refractivity contribution in [1.29, 1.82) is 0 Å². The van der Waals surface area contributed by atoms with Gasteiger partial charge in [-0.15, -0.1) is 13.2 Å². The molecule has 0 unspecified atom stereocenters. The Morgan fingerprint density at radius 2 is 1.94 bits per heavy atom. The van der Waals surface area contributed by atoms with Crippen LogP contribution in [0.3, 0.4) is 0 Å². The molecule has 0 aromatic carbocycles. The summed E-state index contributed by atoms with van der Waals surface area (Å²) in [5.74, 6) is -2.36. The average molecular weight is 243 g/mol. The summed E-state index contributed by atoms with van der Waals surface area (Å²) in [5.41, 5.74) is -1.34. The van der Waals surface area contributed by atoms with Crippen LogP contribution in [0.1, 0.15) is 17.7 Å². The molecule has 1 rings (SSSR count). The van der Waals surface area contributed by atoms with Crippen LogP contribution >= 0.6 is 0 Å². The lowest BCUT2D eigenvalue weighted by atomic mass is 10.2. The molecule has 0 amide bonds. The Morgan fingerprint density at radius 3 is 2.38 bits per heavy atom. The van der Waals surface area contributed by atoms with Crippen LogP contribution in [0.25, 0.3) is 0 Å². The van der Waals surface area contributed by atoms with Gasteiger partial charge >= 0.3 is 6.36 Å². The van der Waals surface area contributed by atoms with Gasteiger partial charge in [-0.05, 0) is 6.92 Å². The molecule has 0 aliphatic rings. The molecule has 0 bridgehead atoms. The van der Waals surface area contributed by atoms with Crippen molar-refractivity contribution in [3.63, 3.8) is 0 Å². The van der Waals surface area contributed by atoms with E-state index < -0.39 is 30.0 Å². The highest BCUT2D eigenvalue weighted by Gasteiger charge is 2.34. The SMILES string of the molecule is Cc1cnc(C(F)F)c(O)c1OC(F)(F)F. The third-order valence-electron chi connectivity index (χ3n) is 1.64. The number of aromatic hydroxyl groups is 1. The Hall–Kier alpha value is -1.60. The van der Waals surface area contributed by atoms with Gasteiger partial charge < -0.3 is 9.84 Å². The van der Waals surface area contributed by atoms with E-state index in [0.29, 0.717) is 0 Å². The number of ether oxygens (including phenoxy) is 1. The van der Waals surface area contributed by atoms with Crippen LogP contribution in [-0.4, -0.2) is 16.5 Å². The molecule has 0 aliphatic heterocycles. The highest BCUT2D eigenvalue weighted by atomic mass is 19.4. The van der Waals surface area contributed by atoms with Gasteiger partial charge in [0.05, 0.1) is 0 Å². The van der Waals surface area contributed by atoms with Gasteiger partial charge in [-0.1, -0.05) is 0 Å². The van der Waals surface area contributed by atoms with Crippen molar-refractivity contribution in [1.82, 2.24) is 4.98 Å². The summed E-state index contributed by atoms with van der Waals surface area (Å²) in [7, 11) is 0. The van der Waals surface area contributed by atoms with E-state index in [0.717, 1.165) is 13.1 Å². The Bertz CT molecular complexity index is 391. The van der Waals surface area contributed by atoms with Crippen molar-refractivity contribution in [2.45, 2.75) is 19.7 Å². The van der Waals surface area contributed by atoms with Crippen molar-refractivity contribution in [3.8, 4) is 11.5 Å². The minimum absolute atomic E-state index is 0.195. The topological polar surface area (TPSA) is 42.4 Å². The maximum Gasteiger partial charge on any atom is 0.573 e. The molecule has 0 saturated heterocycles. The largest absolute Gasteiger partial charge is 0.573 e. The van der Waals surface area contributed by atoms with Crippen molar-refractivity contribution >= 4 is 0 Å². The van der Waals surface area contributed by atoms with E-state index in [4.69, 9.17) is 5.11 Å². The molecular formula is C8H6F5NO2. The van der Waals surface area contributed by atoms with E-state index in [1.165, 1.54) is 0 Å². The molecule has 0 atom stereocenters. The summed E-state index contributed by atoms with van der Waals surface area (Å²) in [6.07, 6.45) is -7.48. The number of aromatic nitrogens is 1. The second-order valence-corrected chi connectivity index (χ2v) is 2.85. The maximum absolute atomic E-state index is 12.2. The van der Waals surface area contributed by atoms with Gasteiger partial charge in [0.25, 0.3) is 6.43 Å². The van der Waals surface area contributed by atoms with Gasteiger partial charge in [0.2, 0.25) is 0 Å². The second kappa shape index (κ2) is 4.11. The molecule has 0 spiro atoms. The first-order valence-corrected chi connectivity index (χ1v) is 3.94. The van der Waals surface area contributed by atoms with Gasteiger partial charge in [0.15, 0.2) is 17.2 Å². The van der Waals surface area contributed by atoms with E-state index in [2.05, 4.69) is 9.72 Å². The molecule has 1 N–H and O–H groups in total. The lowest BCUT2D eigenvalue weighted by Gasteiger charge is -2.14. The molecular weight excluding hydrogens is 237 g/mol. The summed E-state index contributed by atoms with van der Waals surface area (Å²) in [6.45, 7) is 1.14. The number of alkyl halides is 5. The zero-order valence-corrected chi connectivity index (χ0v) is 7.85. The van der Waals surface area contributed by atoms with Crippen LogP contribution in [0.5, 0.6) is 11.5 Å². The number of hydrogen-bond donors (Lipinski definition) is 1. The first-order chi connectivity index (χ1) is 7.22. The minimum atomic E-state index is -5.07. The summed E-state index contributed by atoms with van der Waals surface area (Å²) in [5, 5.41) is 9.14. The standard InChI is InChI=1S/C8H6F5NO2/c1-3-2-14-4(7(9)10)5(15)6(3)16-8(11,12)13/h2,7,15H,1H3. The van der Waals surface area contributed by atoms with Gasteiger partial charge in [-0.3, -0.25) is 4.98 Å².